The first-order chi connectivity index (χ1) is 14.2. The molecule has 0 fully saturated rings. The summed E-state index contributed by atoms with van der Waals surface area (Å²) >= 11 is 1.38. The lowest BCUT2D eigenvalue weighted by Gasteiger charge is -2.11. The summed E-state index contributed by atoms with van der Waals surface area (Å²) in [4.78, 5) is 25.4. The maximum Gasteiger partial charge on any atom is 0.234 e. The van der Waals surface area contributed by atoms with Crippen molar-refractivity contribution in [2.24, 2.45) is 0 Å². The monoisotopic (exact) mass is 406 g/mol. The van der Waals surface area contributed by atoms with Gasteiger partial charge in [0.25, 0.3) is 0 Å². The van der Waals surface area contributed by atoms with Crippen LogP contribution in [-0.2, 0) is 17.8 Å². The lowest BCUT2D eigenvalue weighted by molar-refractivity contribution is -0.113. The number of para-hydroxylation sites is 1. The Kier molecular flexibility index (Phi) is 6.05. The number of ketones is 1. The van der Waals surface area contributed by atoms with Crippen LogP contribution in [0.25, 0.3) is 0 Å². The number of fused-ring (bicyclic) bond motifs is 1. The van der Waals surface area contributed by atoms with E-state index in [1.54, 1.807) is 30.3 Å². The smallest absolute Gasteiger partial charge is 0.234 e. The van der Waals surface area contributed by atoms with E-state index in [-0.39, 0.29) is 17.4 Å². The largest absolute Gasteiger partial charge is 0.325 e. The Labute approximate surface area is 173 Å². The first-order valence-electron chi connectivity index (χ1n) is 9.76. The highest BCUT2D eigenvalue weighted by molar-refractivity contribution is 7.99. The number of carbonyl (C=O) groups is 2. The molecule has 1 aromatic heterocycles. The van der Waals surface area contributed by atoms with Crippen LogP contribution in [0.4, 0.5) is 5.69 Å². The molecular formula is C22H22N4O2S. The van der Waals surface area contributed by atoms with E-state index in [1.807, 2.05) is 24.3 Å². The predicted octanol–water partition coefficient (Wildman–Crippen LogP) is 3.97. The number of thioether (sulfide) groups is 1. The normalized spacial score (nSPS) is 13.4. The third kappa shape index (κ3) is 4.56. The van der Waals surface area contributed by atoms with E-state index in [0.717, 1.165) is 36.8 Å². The molecule has 0 bridgehead atoms. The molecule has 0 unspecified atom stereocenters. The molecule has 29 heavy (non-hydrogen) atoms. The lowest BCUT2D eigenvalue weighted by Crippen LogP contribution is -2.17. The van der Waals surface area contributed by atoms with Gasteiger partial charge in [0.05, 0.1) is 11.4 Å². The summed E-state index contributed by atoms with van der Waals surface area (Å²) in [5, 5.41) is 12.2. The number of nitrogens with one attached hydrogen (secondary N) is 1. The van der Waals surface area contributed by atoms with Crippen molar-refractivity contribution in [2.75, 3.05) is 11.1 Å². The summed E-state index contributed by atoms with van der Waals surface area (Å²) in [5.41, 5.74) is 1.59. The number of anilines is 1. The summed E-state index contributed by atoms with van der Waals surface area (Å²) in [6.07, 6.45) is 4.38. The van der Waals surface area contributed by atoms with Crippen LogP contribution in [0.15, 0.2) is 59.8 Å². The van der Waals surface area contributed by atoms with Gasteiger partial charge in [-0.15, -0.1) is 10.2 Å². The zero-order valence-corrected chi connectivity index (χ0v) is 16.8. The van der Waals surface area contributed by atoms with Gasteiger partial charge in [-0.05, 0) is 25.0 Å². The molecule has 0 spiro atoms. The molecule has 0 aliphatic carbocycles. The first-order valence-corrected chi connectivity index (χ1v) is 10.7. The van der Waals surface area contributed by atoms with Crippen molar-refractivity contribution in [3.05, 3.63) is 71.5 Å². The topological polar surface area (TPSA) is 76.9 Å². The second kappa shape index (κ2) is 9.05. The highest BCUT2D eigenvalue weighted by atomic mass is 32.2. The Morgan fingerprint density at radius 2 is 1.76 bits per heavy atom. The molecule has 2 heterocycles. The van der Waals surface area contributed by atoms with E-state index in [1.165, 1.54) is 18.2 Å². The molecule has 6 nitrogen and oxygen atoms in total. The molecule has 4 rings (SSSR count). The number of amides is 1. The molecule has 3 aromatic rings. The van der Waals surface area contributed by atoms with Gasteiger partial charge in [-0.25, -0.2) is 0 Å². The fourth-order valence-electron chi connectivity index (χ4n) is 3.42. The Balaban J connectivity index is 1.43. The zero-order valence-electron chi connectivity index (χ0n) is 16.0. The van der Waals surface area contributed by atoms with Gasteiger partial charge in [0.2, 0.25) is 5.91 Å². The van der Waals surface area contributed by atoms with Gasteiger partial charge in [-0.1, -0.05) is 60.6 Å². The van der Waals surface area contributed by atoms with Crippen LogP contribution in [0.1, 0.15) is 41.0 Å². The number of rotatable bonds is 6. The Morgan fingerprint density at radius 3 is 2.62 bits per heavy atom. The van der Waals surface area contributed by atoms with Gasteiger partial charge in [0.1, 0.15) is 5.82 Å². The second-order valence-corrected chi connectivity index (χ2v) is 7.88. The van der Waals surface area contributed by atoms with Crippen LogP contribution in [0.2, 0.25) is 0 Å². The Bertz CT molecular complexity index is 1020. The molecule has 148 valence electrons. The summed E-state index contributed by atoms with van der Waals surface area (Å²) < 4.78 is 2.12. The predicted molar refractivity (Wildman–Crippen MR) is 113 cm³/mol. The minimum Gasteiger partial charge on any atom is -0.325 e. The van der Waals surface area contributed by atoms with Crippen LogP contribution in [0.5, 0.6) is 0 Å². The van der Waals surface area contributed by atoms with Crippen molar-refractivity contribution in [1.82, 2.24) is 14.8 Å². The van der Waals surface area contributed by atoms with Crippen molar-refractivity contribution in [3.63, 3.8) is 0 Å². The molecule has 0 atom stereocenters. The fourth-order valence-corrected chi connectivity index (χ4v) is 4.20. The van der Waals surface area contributed by atoms with Gasteiger partial charge < -0.3 is 9.88 Å². The highest BCUT2D eigenvalue weighted by Gasteiger charge is 2.18. The molecule has 1 amide bonds. The standard InChI is InChI=1S/C22H22N4O2S/c27-20(15-29-22-25-24-19-13-5-2-8-14-26(19)22)23-18-12-7-6-11-17(18)21(28)16-9-3-1-4-10-16/h1,3-4,6-7,9-12H,2,5,8,13-15H2,(H,23,27). The number of hydrogen-bond acceptors (Lipinski definition) is 5. The van der Waals surface area contributed by atoms with Crippen molar-refractivity contribution in [3.8, 4) is 0 Å². The fraction of sp³-hybridized carbons (Fsp3) is 0.273. The first kappa shape index (κ1) is 19.4. The summed E-state index contributed by atoms with van der Waals surface area (Å²) in [6, 6.07) is 16.2. The van der Waals surface area contributed by atoms with E-state index in [2.05, 4.69) is 20.1 Å². The molecule has 7 heteroatoms. The van der Waals surface area contributed by atoms with Crippen molar-refractivity contribution >= 4 is 29.1 Å². The van der Waals surface area contributed by atoms with Gasteiger partial charge in [0.15, 0.2) is 10.9 Å². The molecule has 1 aliphatic heterocycles. The van der Waals surface area contributed by atoms with Crippen LogP contribution in [0, 0.1) is 0 Å². The maximum atomic E-state index is 12.8. The third-order valence-corrected chi connectivity index (χ3v) is 5.86. The molecule has 1 N–H and O–H groups in total. The maximum absolute atomic E-state index is 12.8. The molecule has 0 radical (unpaired) electrons. The quantitative estimate of drug-likeness (QED) is 0.495. The SMILES string of the molecule is O=C(CSc1nnc2n1CCCCC2)Nc1ccccc1C(=O)c1ccccc1. The van der Waals surface area contributed by atoms with Crippen molar-refractivity contribution in [1.29, 1.82) is 0 Å². The zero-order chi connectivity index (χ0) is 20.1. The van der Waals surface area contributed by atoms with Crippen molar-refractivity contribution < 1.29 is 9.59 Å². The van der Waals surface area contributed by atoms with E-state index in [0.29, 0.717) is 16.8 Å². The molecule has 0 saturated carbocycles. The summed E-state index contributed by atoms with van der Waals surface area (Å²) in [7, 11) is 0. The molecular weight excluding hydrogens is 384 g/mol. The summed E-state index contributed by atoms with van der Waals surface area (Å²) in [6.45, 7) is 0.903. The number of nitrogens with zero attached hydrogens (tertiary/aromatic N) is 3. The van der Waals surface area contributed by atoms with E-state index in [9.17, 15) is 9.59 Å². The summed E-state index contributed by atoms with van der Waals surface area (Å²) in [5.74, 6) is 0.932. The van der Waals surface area contributed by atoms with E-state index in [4.69, 9.17) is 0 Å². The molecule has 1 aliphatic rings. The van der Waals surface area contributed by atoms with Gasteiger partial charge >= 0.3 is 0 Å². The highest BCUT2D eigenvalue weighted by Crippen LogP contribution is 2.23. The molecule has 2 aromatic carbocycles. The van der Waals surface area contributed by atoms with Crippen LogP contribution < -0.4 is 5.32 Å². The van der Waals surface area contributed by atoms with Crippen LogP contribution in [-0.4, -0.2) is 32.2 Å². The minimum absolute atomic E-state index is 0.114. The Morgan fingerprint density at radius 1 is 0.966 bits per heavy atom. The number of carbonyl (C=O) groups excluding carboxylic acids is 2. The van der Waals surface area contributed by atoms with E-state index < -0.39 is 0 Å². The van der Waals surface area contributed by atoms with Crippen LogP contribution in [0.3, 0.4) is 0 Å². The van der Waals surface area contributed by atoms with Gasteiger partial charge in [-0.2, -0.15) is 0 Å². The van der Waals surface area contributed by atoms with Crippen molar-refractivity contribution in [2.45, 2.75) is 37.4 Å². The average Bonchev–Trinajstić information content (AvgIpc) is 2.98. The number of hydrogen-bond donors (Lipinski definition) is 1. The van der Waals surface area contributed by atoms with Gasteiger partial charge in [0, 0.05) is 24.1 Å². The number of aromatic nitrogens is 3. The molecule has 0 saturated heterocycles. The minimum atomic E-state index is -0.172. The van der Waals surface area contributed by atoms with Gasteiger partial charge in [-0.3, -0.25) is 9.59 Å². The number of benzene rings is 2. The average molecular weight is 407 g/mol. The van der Waals surface area contributed by atoms with Crippen LogP contribution >= 0.6 is 11.8 Å². The third-order valence-electron chi connectivity index (χ3n) is 4.89. The number of aryl methyl sites for hydroxylation is 1. The van der Waals surface area contributed by atoms with E-state index >= 15 is 0 Å². The second-order valence-electron chi connectivity index (χ2n) is 6.94. The Hall–Kier alpha value is -2.93. The lowest BCUT2D eigenvalue weighted by atomic mass is 10.0.